The van der Waals surface area contributed by atoms with Gasteiger partial charge < -0.3 is 14.2 Å². The summed E-state index contributed by atoms with van der Waals surface area (Å²) in [6.07, 6.45) is 3.09. The molecule has 1 aliphatic heterocycles. The number of amides is 4. The predicted molar refractivity (Wildman–Crippen MR) is 128 cm³/mol. The molecule has 0 radical (unpaired) electrons. The minimum absolute atomic E-state index is 0.183. The van der Waals surface area contributed by atoms with Crippen LogP contribution in [0.15, 0.2) is 46.4 Å². The summed E-state index contributed by atoms with van der Waals surface area (Å²) in [5, 5.41) is 2.22. The van der Waals surface area contributed by atoms with E-state index in [1.807, 2.05) is 13.8 Å². The van der Waals surface area contributed by atoms with Gasteiger partial charge in [0.2, 0.25) is 0 Å². The maximum atomic E-state index is 13.1. The van der Waals surface area contributed by atoms with E-state index in [4.69, 9.17) is 14.2 Å². The van der Waals surface area contributed by atoms with Gasteiger partial charge in [-0.1, -0.05) is 13.8 Å². The number of hydrogen-bond acceptors (Lipinski definition) is 6. The van der Waals surface area contributed by atoms with Crippen molar-refractivity contribution >= 4 is 45.5 Å². The minimum Gasteiger partial charge on any atom is -0.494 e. The zero-order valence-corrected chi connectivity index (χ0v) is 20.2. The van der Waals surface area contributed by atoms with Crippen molar-refractivity contribution in [3.8, 4) is 17.2 Å². The van der Waals surface area contributed by atoms with E-state index in [0.717, 1.165) is 17.7 Å². The van der Waals surface area contributed by atoms with E-state index in [-0.39, 0.29) is 5.57 Å². The second-order valence-corrected chi connectivity index (χ2v) is 8.04. The van der Waals surface area contributed by atoms with Crippen LogP contribution in [-0.2, 0) is 9.59 Å². The highest BCUT2D eigenvalue weighted by atomic mass is 79.9. The molecule has 0 spiro atoms. The zero-order valence-electron chi connectivity index (χ0n) is 18.6. The van der Waals surface area contributed by atoms with Crippen LogP contribution in [0.4, 0.5) is 10.5 Å². The SMILES string of the molecule is CCCOc1ccc(N2C(=O)NC(=O)/C(=C/c3cc(Br)c(OCCC)c(OC)c3)C2=O)cc1. The summed E-state index contributed by atoms with van der Waals surface area (Å²) in [6.45, 7) is 5.06. The largest absolute Gasteiger partial charge is 0.494 e. The van der Waals surface area contributed by atoms with Crippen LogP contribution in [0.1, 0.15) is 32.3 Å². The first-order valence-corrected chi connectivity index (χ1v) is 11.3. The standard InChI is InChI=1S/C24H25BrN2O6/c1-4-10-32-17-8-6-16(7-9-17)27-23(29)18(22(28)26-24(27)30)12-15-13-19(25)21(33-11-5-2)20(14-15)31-3/h6-9,12-14H,4-5,10-11H2,1-3H3,(H,26,28,30)/b18-12-. The topological polar surface area (TPSA) is 94.2 Å². The Labute approximate surface area is 200 Å². The molecule has 33 heavy (non-hydrogen) atoms. The normalized spacial score (nSPS) is 15.0. The van der Waals surface area contributed by atoms with Crippen LogP contribution in [0.25, 0.3) is 6.08 Å². The van der Waals surface area contributed by atoms with Crippen LogP contribution in [0.5, 0.6) is 17.2 Å². The van der Waals surface area contributed by atoms with Crippen molar-refractivity contribution < 1.29 is 28.6 Å². The molecular formula is C24H25BrN2O6. The van der Waals surface area contributed by atoms with E-state index >= 15 is 0 Å². The van der Waals surface area contributed by atoms with Gasteiger partial charge in [-0.15, -0.1) is 0 Å². The molecule has 0 aromatic heterocycles. The Bertz CT molecular complexity index is 1080. The van der Waals surface area contributed by atoms with E-state index in [0.29, 0.717) is 46.2 Å². The van der Waals surface area contributed by atoms with Gasteiger partial charge in [0.15, 0.2) is 11.5 Å². The number of nitrogens with zero attached hydrogens (tertiary/aromatic N) is 1. The van der Waals surface area contributed by atoms with Gasteiger partial charge in [-0.3, -0.25) is 14.9 Å². The maximum absolute atomic E-state index is 13.1. The van der Waals surface area contributed by atoms with Crippen molar-refractivity contribution in [2.75, 3.05) is 25.2 Å². The van der Waals surface area contributed by atoms with E-state index in [9.17, 15) is 14.4 Å². The summed E-state index contributed by atoms with van der Waals surface area (Å²) in [6, 6.07) is 9.08. The van der Waals surface area contributed by atoms with Crippen LogP contribution < -0.4 is 24.4 Å². The number of barbiturate groups is 1. The van der Waals surface area contributed by atoms with Crippen LogP contribution in [-0.4, -0.2) is 38.2 Å². The number of imide groups is 2. The Balaban J connectivity index is 1.93. The predicted octanol–water partition coefficient (Wildman–Crippen LogP) is 4.70. The number of rotatable bonds is 9. The molecule has 0 unspecified atom stereocenters. The Hall–Kier alpha value is -3.33. The molecule has 0 saturated carbocycles. The first kappa shape index (κ1) is 24.3. The summed E-state index contributed by atoms with van der Waals surface area (Å²) < 4.78 is 17.3. The number of carbonyl (C=O) groups is 3. The van der Waals surface area contributed by atoms with Gasteiger partial charge in [-0.05, 0) is 76.8 Å². The third-order valence-electron chi connectivity index (χ3n) is 4.68. The fraction of sp³-hybridized carbons (Fsp3) is 0.292. The van der Waals surface area contributed by atoms with Gasteiger partial charge in [0.1, 0.15) is 11.3 Å². The lowest BCUT2D eigenvalue weighted by Crippen LogP contribution is -2.54. The average Bonchev–Trinajstić information content (AvgIpc) is 2.80. The Morgan fingerprint density at radius 1 is 1.00 bits per heavy atom. The summed E-state index contributed by atoms with van der Waals surface area (Å²) in [7, 11) is 1.50. The summed E-state index contributed by atoms with van der Waals surface area (Å²) in [5.74, 6) is 0.101. The fourth-order valence-electron chi connectivity index (χ4n) is 3.14. The minimum atomic E-state index is -0.813. The lowest BCUT2D eigenvalue weighted by Gasteiger charge is -2.26. The van der Waals surface area contributed by atoms with Gasteiger partial charge in [0.25, 0.3) is 11.8 Å². The van der Waals surface area contributed by atoms with E-state index in [1.54, 1.807) is 36.4 Å². The smallest absolute Gasteiger partial charge is 0.335 e. The highest BCUT2D eigenvalue weighted by molar-refractivity contribution is 9.10. The molecule has 2 aromatic carbocycles. The van der Waals surface area contributed by atoms with Crippen molar-refractivity contribution in [3.05, 3.63) is 52.0 Å². The number of hydrogen-bond donors (Lipinski definition) is 1. The number of methoxy groups -OCH3 is 1. The monoisotopic (exact) mass is 516 g/mol. The van der Waals surface area contributed by atoms with E-state index < -0.39 is 17.8 Å². The molecule has 0 atom stereocenters. The molecule has 174 valence electrons. The molecule has 1 N–H and O–H groups in total. The molecule has 1 saturated heterocycles. The molecule has 1 aliphatic rings. The number of benzene rings is 2. The fourth-order valence-corrected chi connectivity index (χ4v) is 3.71. The summed E-state index contributed by atoms with van der Waals surface area (Å²) in [4.78, 5) is 39.0. The molecule has 9 heteroatoms. The second kappa shape index (κ2) is 11.0. The number of urea groups is 1. The van der Waals surface area contributed by atoms with Crippen molar-refractivity contribution in [2.45, 2.75) is 26.7 Å². The lowest BCUT2D eigenvalue weighted by atomic mass is 10.1. The number of ether oxygens (including phenoxy) is 3. The first-order valence-electron chi connectivity index (χ1n) is 10.5. The van der Waals surface area contributed by atoms with Crippen molar-refractivity contribution in [1.82, 2.24) is 5.32 Å². The van der Waals surface area contributed by atoms with Crippen molar-refractivity contribution in [3.63, 3.8) is 0 Å². The molecule has 1 fully saturated rings. The zero-order chi connectivity index (χ0) is 24.0. The van der Waals surface area contributed by atoms with E-state index in [1.165, 1.54) is 13.2 Å². The van der Waals surface area contributed by atoms with Gasteiger partial charge in [0.05, 0.1) is 30.5 Å². The molecule has 0 bridgehead atoms. The van der Waals surface area contributed by atoms with Gasteiger partial charge in [-0.2, -0.15) is 0 Å². The molecule has 3 rings (SSSR count). The number of carbonyl (C=O) groups excluding carboxylic acids is 3. The summed E-state index contributed by atoms with van der Waals surface area (Å²) >= 11 is 3.45. The van der Waals surface area contributed by atoms with Gasteiger partial charge >= 0.3 is 6.03 Å². The first-order chi connectivity index (χ1) is 15.9. The highest BCUT2D eigenvalue weighted by Crippen LogP contribution is 2.37. The third kappa shape index (κ3) is 5.54. The van der Waals surface area contributed by atoms with Crippen LogP contribution in [0.2, 0.25) is 0 Å². The lowest BCUT2D eigenvalue weighted by molar-refractivity contribution is -0.122. The van der Waals surface area contributed by atoms with Crippen LogP contribution >= 0.6 is 15.9 Å². The van der Waals surface area contributed by atoms with Crippen LogP contribution in [0.3, 0.4) is 0 Å². The quantitative estimate of drug-likeness (QED) is 0.383. The Morgan fingerprint density at radius 2 is 1.67 bits per heavy atom. The number of halogens is 1. The molecular weight excluding hydrogens is 492 g/mol. The van der Waals surface area contributed by atoms with Gasteiger partial charge in [0, 0.05) is 0 Å². The molecule has 4 amide bonds. The van der Waals surface area contributed by atoms with Crippen LogP contribution in [0, 0.1) is 0 Å². The maximum Gasteiger partial charge on any atom is 0.335 e. The van der Waals surface area contributed by atoms with Crippen molar-refractivity contribution in [1.29, 1.82) is 0 Å². The Kier molecular flexibility index (Phi) is 8.11. The molecule has 1 heterocycles. The molecule has 2 aromatic rings. The van der Waals surface area contributed by atoms with Gasteiger partial charge in [-0.25, -0.2) is 9.69 Å². The molecule has 8 nitrogen and oxygen atoms in total. The average molecular weight is 517 g/mol. The summed E-state index contributed by atoms with van der Waals surface area (Å²) in [5.41, 5.74) is 0.664. The second-order valence-electron chi connectivity index (χ2n) is 7.18. The number of nitrogens with one attached hydrogen (secondary N) is 1. The Morgan fingerprint density at radius 3 is 2.30 bits per heavy atom. The molecule has 0 aliphatic carbocycles. The number of anilines is 1. The third-order valence-corrected chi connectivity index (χ3v) is 5.27. The van der Waals surface area contributed by atoms with E-state index in [2.05, 4.69) is 21.2 Å². The highest BCUT2D eigenvalue weighted by Gasteiger charge is 2.36. The van der Waals surface area contributed by atoms with Crippen molar-refractivity contribution in [2.24, 2.45) is 0 Å².